The van der Waals surface area contributed by atoms with Crippen LogP contribution in [0.25, 0.3) is 0 Å². The van der Waals surface area contributed by atoms with Crippen molar-refractivity contribution in [1.82, 2.24) is 4.90 Å². The van der Waals surface area contributed by atoms with Crippen LogP contribution in [0.3, 0.4) is 0 Å². The quantitative estimate of drug-likeness (QED) is 0.908. The number of rotatable bonds is 5. The van der Waals surface area contributed by atoms with Gasteiger partial charge in [-0.2, -0.15) is 0 Å². The van der Waals surface area contributed by atoms with Crippen LogP contribution >= 0.6 is 0 Å². The number of nitrogens with zero attached hydrogens (tertiary/aromatic N) is 1. The van der Waals surface area contributed by atoms with Crippen molar-refractivity contribution in [2.45, 2.75) is 12.8 Å². The number of benzene rings is 2. The molecule has 1 N–H and O–H groups in total. The van der Waals surface area contributed by atoms with Crippen LogP contribution in [0.1, 0.15) is 22.3 Å². The molecule has 132 valence electrons. The van der Waals surface area contributed by atoms with E-state index in [-0.39, 0.29) is 11.7 Å². The van der Waals surface area contributed by atoms with Gasteiger partial charge in [-0.25, -0.2) is 0 Å². The Labute approximate surface area is 147 Å². The molecule has 2 aromatic carbocycles. The van der Waals surface area contributed by atoms with Gasteiger partial charge >= 0.3 is 0 Å². The monoisotopic (exact) mass is 341 g/mol. The number of methoxy groups -OCH3 is 2. The molecule has 25 heavy (non-hydrogen) atoms. The smallest absolute Gasteiger partial charge is 0.254 e. The second-order valence-electron chi connectivity index (χ2n) is 6.34. The van der Waals surface area contributed by atoms with E-state index in [2.05, 4.69) is 12.1 Å². The lowest BCUT2D eigenvalue weighted by Gasteiger charge is -2.17. The molecule has 0 aliphatic carbocycles. The number of carbonyl (C=O) groups excluding carboxylic acids is 1. The summed E-state index contributed by atoms with van der Waals surface area (Å²) in [5.74, 6) is 1.61. The molecule has 5 nitrogen and oxygen atoms in total. The molecule has 0 radical (unpaired) electrons. The number of amides is 1. The lowest BCUT2D eigenvalue weighted by atomic mass is 9.99. The molecule has 1 aliphatic rings. The van der Waals surface area contributed by atoms with E-state index in [0.717, 1.165) is 31.7 Å². The van der Waals surface area contributed by atoms with Crippen molar-refractivity contribution in [3.63, 3.8) is 0 Å². The van der Waals surface area contributed by atoms with Crippen LogP contribution in [-0.2, 0) is 6.42 Å². The maximum atomic E-state index is 12.6. The minimum atomic E-state index is -0.0461. The van der Waals surface area contributed by atoms with E-state index in [1.165, 1.54) is 18.7 Å². The summed E-state index contributed by atoms with van der Waals surface area (Å²) >= 11 is 0. The Morgan fingerprint density at radius 3 is 2.56 bits per heavy atom. The maximum Gasteiger partial charge on any atom is 0.254 e. The summed E-state index contributed by atoms with van der Waals surface area (Å²) in [4.78, 5) is 14.5. The van der Waals surface area contributed by atoms with E-state index in [4.69, 9.17) is 9.47 Å². The molecule has 2 aromatic rings. The Bertz CT molecular complexity index is 742. The Hall–Kier alpha value is -2.69. The largest absolute Gasteiger partial charge is 0.504 e. The summed E-state index contributed by atoms with van der Waals surface area (Å²) in [5.41, 5.74) is 1.74. The van der Waals surface area contributed by atoms with Gasteiger partial charge in [-0.3, -0.25) is 4.79 Å². The van der Waals surface area contributed by atoms with Crippen molar-refractivity contribution < 1.29 is 19.4 Å². The number of aromatic hydroxyl groups is 1. The molecule has 0 saturated carbocycles. The lowest BCUT2D eigenvalue weighted by molar-refractivity contribution is 0.0786. The minimum absolute atomic E-state index is 0.0117. The van der Waals surface area contributed by atoms with Crippen LogP contribution in [-0.4, -0.2) is 43.2 Å². The first kappa shape index (κ1) is 17.1. The van der Waals surface area contributed by atoms with Gasteiger partial charge in [-0.05, 0) is 54.7 Å². The standard InChI is InChI=1S/C20H23NO4/c1-24-17-6-3-14(4-7-17)11-15-9-10-21(13-15)20(23)16-5-8-19(25-2)18(22)12-16/h3-8,12,15,22H,9-11,13H2,1-2H3. The highest BCUT2D eigenvalue weighted by Gasteiger charge is 2.27. The van der Waals surface area contributed by atoms with Crippen molar-refractivity contribution >= 4 is 5.91 Å². The van der Waals surface area contributed by atoms with E-state index in [1.807, 2.05) is 17.0 Å². The van der Waals surface area contributed by atoms with Crippen LogP contribution in [0.2, 0.25) is 0 Å². The third-order valence-electron chi connectivity index (χ3n) is 4.68. The first-order valence-electron chi connectivity index (χ1n) is 8.40. The summed E-state index contributed by atoms with van der Waals surface area (Å²) in [6.07, 6.45) is 1.93. The Morgan fingerprint density at radius 1 is 1.16 bits per heavy atom. The molecule has 0 aromatic heterocycles. The van der Waals surface area contributed by atoms with Gasteiger partial charge < -0.3 is 19.5 Å². The Balaban J connectivity index is 1.61. The number of phenolic OH excluding ortho intramolecular Hbond substituents is 1. The van der Waals surface area contributed by atoms with E-state index in [0.29, 0.717) is 17.2 Å². The first-order chi connectivity index (χ1) is 12.1. The summed E-state index contributed by atoms with van der Waals surface area (Å²) in [6, 6.07) is 12.9. The summed E-state index contributed by atoms with van der Waals surface area (Å²) < 4.78 is 10.2. The predicted octanol–water partition coefficient (Wildman–Crippen LogP) is 3.11. The molecule has 1 atom stereocenters. The minimum Gasteiger partial charge on any atom is -0.504 e. The van der Waals surface area contributed by atoms with Gasteiger partial charge in [-0.15, -0.1) is 0 Å². The lowest BCUT2D eigenvalue weighted by Crippen LogP contribution is -2.28. The van der Waals surface area contributed by atoms with Crippen LogP contribution in [0, 0.1) is 5.92 Å². The van der Waals surface area contributed by atoms with Crippen LogP contribution in [0.15, 0.2) is 42.5 Å². The van der Waals surface area contributed by atoms with Gasteiger partial charge in [0.1, 0.15) is 5.75 Å². The molecule has 5 heteroatoms. The fourth-order valence-electron chi connectivity index (χ4n) is 3.28. The van der Waals surface area contributed by atoms with Gasteiger partial charge in [0.05, 0.1) is 14.2 Å². The molecular weight excluding hydrogens is 318 g/mol. The fourth-order valence-corrected chi connectivity index (χ4v) is 3.28. The molecule has 1 heterocycles. The summed E-state index contributed by atoms with van der Waals surface area (Å²) in [7, 11) is 3.15. The molecular formula is C20H23NO4. The number of carbonyl (C=O) groups is 1. The number of phenols is 1. The Morgan fingerprint density at radius 2 is 1.92 bits per heavy atom. The molecule has 1 aliphatic heterocycles. The zero-order valence-corrected chi connectivity index (χ0v) is 14.6. The van der Waals surface area contributed by atoms with E-state index < -0.39 is 0 Å². The summed E-state index contributed by atoms with van der Waals surface area (Å²) in [5, 5.41) is 9.87. The summed E-state index contributed by atoms with van der Waals surface area (Å²) in [6.45, 7) is 1.48. The van der Waals surface area contributed by atoms with Crippen LogP contribution in [0.5, 0.6) is 17.2 Å². The van der Waals surface area contributed by atoms with Gasteiger partial charge in [-0.1, -0.05) is 12.1 Å². The highest BCUT2D eigenvalue weighted by atomic mass is 16.5. The maximum absolute atomic E-state index is 12.6. The third-order valence-corrected chi connectivity index (χ3v) is 4.68. The second-order valence-corrected chi connectivity index (χ2v) is 6.34. The van der Waals surface area contributed by atoms with Crippen molar-refractivity contribution in [2.24, 2.45) is 5.92 Å². The van der Waals surface area contributed by atoms with E-state index in [1.54, 1.807) is 19.2 Å². The Kier molecular flexibility index (Phi) is 5.12. The van der Waals surface area contributed by atoms with Gasteiger partial charge in [0, 0.05) is 18.7 Å². The van der Waals surface area contributed by atoms with Gasteiger partial charge in [0.15, 0.2) is 11.5 Å². The third kappa shape index (κ3) is 3.87. The van der Waals surface area contributed by atoms with Gasteiger partial charge in [0.2, 0.25) is 0 Å². The molecule has 0 spiro atoms. The number of likely N-dealkylation sites (tertiary alicyclic amines) is 1. The molecule has 1 unspecified atom stereocenters. The number of hydrogen-bond donors (Lipinski definition) is 1. The van der Waals surface area contributed by atoms with Crippen molar-refractivity contribution in [2.75, 3.05) is 27.3 Å². The number of hydrogen-bond acceptors (Lipinski definition) is 4. The number of ether oxygens (including phenoxy) is 2. The van der Waals surface area contributed by atoms with E-state index >= 15 is 0 Å². The molecule has 1 fully saturated rings. The fraction of sp³-hybridized carbons (Fsp3) is 0.350. The van der Waals surface area contributed by atoms with Crippen molar-refractivity contribution in [3.05, 3.63) is 53.6 Å². The zero-order chi connectivity index (χ0) is 17.8. The highest BCUT2D eigenvalue weighted by molar-refractivity contribution is 5.95. The molecule has 3 rings (SSSR count). The SMILES string of the molecule is COc1ccc(CC2CCN(C(=O)c3ccc(OC)c(O)c3)C2)cc1. The second kappa shape index (κ2) is 7.47. The van der Waals surface area contributed by atoms with Gasteiger partial charge in [0.25, 0.3) is 5.91 Å². The zero-order valence-electron chi connectivity index (χ0n) is 14.6. The average molecular weight is 341 g/mol. The van der Waals surface area contributed by atoms with Crippen molar-refractivity contribution in [3.8, 4) is 17.2 Å². The normalized spacial score (nSPS) is 16.7. The molecule has 0 bridgehead atoms. The van der Waals surface area contributed by atoms with Crippen LogP contribution in [0.4, 0.5) is 0 Å². The van der Waals surface area contributed by atoms with Crippen molar-refractivity contribution in [1.29, 1.82) is 0 Å². The molecule has 1 saturated heterocycles. The topological polar surface area (TPSA) is 59.0 Å². The van der Waals surface area contributed by atoms with Crippen LogP contribution < -0.4 is 9.47 Å². The van der Waals surface area contributed by atoms with E-state index in [9.17, 15) is 9.90 Å². The molecule has 1 amide bonds. The first-order valence-corrected chi connectivity index (χ1v) is 8.40. The predicted molar refractivity (Wildman–Crippen MR) is 95.4 cm³/mol. The average Bonchev–Trinajstić information content (AvgIpc) is 3.10. The highest BCUT2D eigenvalue weighted by Crippen LogP contribution is 2.28.